The number of unbranched alkanes of at least 4 members (excludes halogenated alkanes) is 5. The highest BCUT2D eigenvalue weighted by Crippen LogP contribution is 2.25. The predicted octanol–water partition coefficient (Wildman–Crippen LogP) is 1.10. The number of hydrogen-bond donors (Lipinski definition) is 4. The molecule has 0 spiro atoms. The third kappa shape index (κ3) is 5.50. The van der Waals surface area contributed by atoms with E-state index in [4.69, 9.17) is 14.6 Å². The number of hydrogen-bond acceptors (Lipinski definition) is 6. The molecule has 0 radical (unpaired) electrons. The molecule has 5 atom stereocenters. The average Bonchev–Trinajstić information content (AvgIpc) is 2.46. The summed E-state index contributed by atoms with van der Waals surface area (Å²) < 4.78 is 10.9. The van der Waals surface area contributed by atoms with Gasteiger partial charge in [-0.2, -0.15) is 12.6 Å². The molecule has 20 heavy (non-hydrogen) atoms. The van der Waals surface area contributed by atoms with Crippen molar-refractivity contribution in [3.8, 4) is 0 Å². The smallest absolute Gasteiger partial charge is 0.186 e. The lowest BCUT2D eigenvalue weighted by atomic mass is 10.0. The zero-order chi connectivity index (χ0) is 15.0. The van der Waals surface area contributed by atoms with Gasteiger partial charge in [-0.3, -0.25) is 0 Å². The first-order chi connectivity index (χ1) is 9.61. The molecule has 0 unspecified atom stereocenters. The van der Waals surface area contributed by atoms with Crippen LogP contribution in [0.5, 0.6) is 0 Å². The van der Waals surface area contributed by atoms with Gasteiger partial charge in [-0.15, -0.1) is 0 Å². The summed E-state index contributed by atoms with van der Waals surface area (Å²) in [4.78, 5) is 0. The second kappa shape index (κ2) is 9.97. The van der Waals surface area contributed by atoms with Crippen LogP contribution in [0.4, 0.5) is 0 Å². The maximum absolute atomic E-state index is 9.86. The molecule has 0 amide bonds. The van der Waals surface area contributed by atoms with Crippen molar-refractivity contribution in [2.45, 2.75) is 75.3 Å². The fourth-order valence-electron chi connectivity index (χ4n) is 2.29. The Bertz CT molecular complexity index is 252. The Hall–Kier alpha value is 0.150. The van der Waals surface area contributed by atoms with E-state index in [1.807, 2.05) is 0 Å². The first-order valence-corrected chi connectivity index (χ1v) is 8.05. The molecule has 0 aromatic heterocycles. The van der Waals surface area contributed by atoms with Gasteiger partial charge in [0.25, 0.3) is 0 Å². The number of thiol groups is 1. The SMILES string of the molecule is CCCCCCCCO[C@H]1O[C@H](CO)[C@@H](S)[C@H](O)[C@H]1O. The first-order valence-electron chi connectivity index (χ1n) is 7.54. The van der Waals surface area contributed by atoms with Crippen LogP contribution >= 0.6 is 12.6 Å². The van der Waals surface area contributed by atoms with Crippen LogP contribution in [-0.2, 0) is 9.47 Å². The van der Waals surface area contributed by atoms with E-state index >= 15 is 0 Å². The van der Waals surface area contributed by atoms with Gasteiger partial charge in [-0.25, -0.2) is 0 Å². The summed E-state index contributed by atoms with van der Waals surface area (Å²) in [6.45, 7) is 2.41. The topological polar surface area (TPSA) is 79.2 Å². The highest BCUT2D eigenvalue weighted by atomic mass is 32.1. The number of ether oxygens (including phenoxy) is 2. The quantitative estimate of drug-likeness (QED) is 0.379. The zero-order valence-corrected chi connectivity index (χ0v) is 13.0. The van der Waals surface area contributed by atoms with E-state index in [9.17, 15) is 10.2 Å². The molecule has 0 aliphatic carbocycles. The molecule has 6 heteroatoms. The highest BCUT2D eigenvalue weighted by Gasteiger charge is 2.43. The molecule has 1 fully saturated rings. The lowest BCUT2D eigenvalue weighted by Crippen LogP contribution is -2.57. The average molecular weight is 308 g/mol. The summed E-state index contributed by atoms with van der Waals surface area (Å²) >= 11 is 4.14. The number of aliphatic hydroxyl groups is 3. The molecule has 0 saturated carbocycles. The number of rotatable bonds is 9. The summed E-state index contributed by atoms with van der Waals surface area (Å²) in [6.07, 6.45) is 3.22. The molecule has 5 nitrogen and oxygen atoms in total. The van der Waals surface area contributed by atoms with Crippen molar-refractivity contribution in [2.24, 2.45) is 0 Å². The second-order valence-electron chi connectivity index (χ2n) is 5.34. The Kier molecular flexibility index (Phi) is 9.08. The van der Waals surface area contributed by atoms with Gasteiger partial charge in [-0.05, 0) is 6.42 Å². The molecule has 0 aromatic carbocycles. The van der Waals surface area contributed by atoms with Gasteiger partial charge < -0.3 is 24.8 Å². The molecule has 1 rings (SSSR count). The predicted molar refractivity (Wildman–Crippen MR) is 79.9 cm³/mol. The Labute approximate surface area is 126 Å². The summed E-state index contributed by atoms with van der Waals surface area (Å²) in [5.41, 5.74) is 0. The van der Waals surface area contributed by atoms with Crippen LogP contribution in [0.15, 0.2) is 0 Å². The van der Waals surface area contributed by atoms with Gasteiger partial charge >= 0.3 is 0 Å². The normalized spacial score (nSPS) is 34.4. The molecule has 1 aliphatic heterocycles. The van der Waals surface area contributed by atoms with Gasteiger partial charge in [0, 0.05) is 6.61 Å². The Balaban J connectivity index is 2.21. The summed E-state index contributed by atoms with van der Waals surface area (Å²) in [7, 11) is 0. The minimum atomic E-state index is -1.12. The van der Waals surface area contributed by atoms with Crippen molar-refractivity contribution in [1.29, 1.82) is 0 Å². The van der Waals surface area contributed by atoms with E-state index < -0.39 is 29.9 Å². The van der Waals surface area contributed by atoms with Crippen LogP contribution < -0.4 is 0 Å². The third-order valence-corrected chi connectivity index (χ3v) is 4.27. The molecular formula is C14H28O5S. The zero-order valence-electron chi connectivity index (χ0n) is 12.1. The fourth-order valence-corrected chi connectivity index (χ4v) is 2.63. The Morgan fingerprint density at radius 2 is 1.70 bits per heavy atom. The molecule has 1 saturated heterocycles. The summed E-state index contributed by atoms with van der Waals surface area (Å²) in [5.74, 6) is 0. The molecule has 1 aliphatic rings. The van der Waals surface area contributed by atoms with Gasteiger partial charge in [-0.1, -0.05) is 39.0 Å². The maximum atomic E-state index is 9.86. The Morgan fingerprint density at radius 1 is 1.05 bits per heavy atom. The molecule has 3 N–H and O–H groups in total. The van der Waals surface area contributed by atoms with Crippen LogP contribution in [-0.4, -0.2) is 58.4 Å². The van der Waals surface area contributed by atoms with E-state index in [-0.39, 0.29) is 6.61 Å². The van der Waals surface area contributed by atoms with E-state index in [0.717, 1.165) is 12.8 Å². The third-order valence-electron chi connectivity index (χ3n) is 3.63. The Morgan fingerprint density at radius 3 is 2.35 bits per heavy atom. The fraction of sp³-hybridized carbons (Fsp3) is 1.00. The highest BCUT2D eigenvalue weighted by molar-refractivity contribution is 7.81. The second-order valence-corrected chi connectivity index (χ2v) is 5.93. The molecule has 1 heterocycles. The minimum Gasteiger partial charge on any atom is -0.394 e. The minimum absolute atomic E-state index is 0.255. The van der Waals surface area contributed by atoms with Crippen LogP contribution in [0.1, 0.15) is 45.4 Å². The standard InChI is InChI=1S/C14H28O5S/c1-2-3-4-5-6-7-8-18-14-12(17)11(16)13(20)10(9-15)19-14/h10-17,20H,2-9H2,1H3/t10-,11-,12-,13-,14+/m1/s1. The van der Waals surface area contributed by atoms with E-state index in [1.165, 1.54) is 25.7 Å². The van der Waals surface area contributed by atoms with Crippen molar-refractivity contribution in [3.63, 3.8) is 0 Å². The van der Waals surface area contributed by atoms with E-state index in [0.29, 0.717) is 6.61 Å². The molecule has 0 aromatic rings. The van der Waals surface area contributed by atoms with Gasteiger partial charge in [0.2, 0.25) is 0 Å². The largest absolute Gasteiger partial charge is 0.394 e. The molecule has 0 bridgehead atoms. The van der Waals surface area contributed by atoms with E-state index in [2.05, 4.69) is 19.6 Å². The summed E-state index contributed by atoms with van der Waals surface area (Å²) in [5, 5.41) is 28.2. The van der Waals surface area contributed by atoms with Crippen LogP contribution in [0, 0.1) is 0 Å². The van der Waals surface area contributed by atoms with Crippen LogP contribution in [0.25, 0.3) is 0 Å². The van der Waals surface area contributed by atoms with Crippen LogP contribution in [0.3, 0.4) is 0 Å². The van der Waals surface area contributed by atoms with E-state index in [1.54, 1.807) is 0 Å². The molecular weight excluding hydrogens is 280 g/mol. The van der Waals surface area contributed by atoms with Crippen molar-refractivity contribution in [2.75, 3.05) is 13.2 Å². The maximum Gasteiger partial charge on any atom is 0.186 e. The van der Waals surface area contributed by atoms with Gasteiger partial charge in [0.05, 0.1) is 24.1 Å². The van der Waals surface area contributed by atoms with Crippen molar-refractivity contribution in [1.82, 2.24) is 0 Å². The van der Waals surface area contributed by atoms with Crippen molar-refractivity contribution < 1.29 is 24.8 Å². The first kappa shape index (κ1) is 18.2. The summed E-state index contributed by atoms with van der Waals surface area (Å²) in [6, 6.07) is 0. The molecule has 120 valence electrons. The lowest BCUT2D eigenvalue weighted by Gasteiger charge is -2.40. The van der Waals surface area contributed by atoms with Crippen molar-refractivity contribution >= 4 is 12.6 Å². The lowest BCUT2D eigenvalue weighted by molar-refractivity contribution is -0.268. The van der Waals surface area contributed by atoms with Gasteiger partial charge in [0.15, 0.2) is 6.29 Å². The van der Waals surface area contributed by atoms with Gasteiger partial charge in [0.1, 0.15) is 6.10 Å². The van der Waals surface area contributed by atoms with Crippen molar-refractivity contribution in [3.05, 3.63) is 0 Å². The monoisotopic (exact) mass is 308 g/mol. The number of aliphatic hydroxyl groups excluding tert-OH is 3. The van der Waals surface area contributed by atoms with Crippen LogP contribution in [0.2, 0.25) is 0 Å².